The zero-order valence-electron chi connectivity index (χ0n) is 20.3. The van der Waals surface area contributed by atoms with Gasteiger partial charge in [0, 0.05) is 12.6 Å². The molecule has 8 heteroatoms. The van der Waals surface area contributed by atoms with E-state index in [4.69, 9.17) is 0 Å². The fourth-order valence-electron chi connectivity index (χ4n) is 3.59. The number of rotatable bonds is 10. The number of hydrogen-bond acceptors (Lipinski definition) is 4. The van der Waals surface area contributed by atoms with Gasteiger partial charge in [0.15, 0.2) is 0 Å². The van der Waals surface area contributed by atoms with Crippen molar-refractivity contribution in [3.63, 3.8) is 0 Å². The molecule has 1 N–H and O–H groups in total. The minimum atomic E-state index is -3.73. The lowest BCUT2D eigenvalue weighted by Crippen LogP contribution is -2.53. The number of hydrogen-bond donors (Lipinski definition) is 1. The Morgan fingerprint density at radius 1 is 1.00 bits per heavy atom. The van der Waals surface area contributed by atoms with Crippen molar-refractivity contribution in [1.29, 1.82) is 0 Å². The van der Waals surface area contributed by atoms with Crippen LogP contribution in [0.3, 0.4) is 0 Å². The molecule has 0 fully saturated rings. The summed E-state index contributed by atoms with van der Waals surface area (Å²) in [5.74, 6) is -0.692. The Labute approximate surface area is 197 Å². The van der Waals surface area contributed by atoms with Gasteiger partial charge in [0.1, 0.15) is 12.6 Å². The summed E-state index contributed by atoms with van der Waals surface area (Å²) in [6, 6.07) is 13.9. The topological polar surface area (TPSA) is 86.8 Å². The molecule has 2 rings (SSSR count). The smallest absolute Gasteiger partial charge is 0.244 e. The fourth-order valence-corrected chi connectivity index (χ4v) is 4.43. The number of carbonyl (C=O) groups is 2. The summed E-state index contributed by atoms with van der Waals surface area (Å²) < 4.78 is 26.3. The minimum Gasteiger partial charge on any atom is -0.352 e. The third kappa shape index (κ3) is 7.60. The van der Waals surface area contributed by atoms with Crippen LogP contribution in [0, 0.1) is 13.8 Å². The number of sulfonamides is 1. The van der Waals surface area contributed by atoms with E-state index in [0.29, 0.717) is 12.1 Å². The van der Waals surface area contributed by atoms with Crippen molar-refractivity contribution in [1.82, 2.24) is 10.2 Å². The molecule has 2 amide bonds. The molecule has 180 valence electrons. The lowest BCUT2D eigenvalue weighted by Gasteiger charge is -2.33. The van der Waals surface area contributed by atoms with Crippen molar-refractivity contribution < 1.29 is 18.0 Å². The second-order valence-corrected chi connectivity index (χ2v) is 10.6. The van der Waals surface area contributed by atoms with Crippen molar-refractivity contribution in [2.24, 2.45) is 0 Å². The van der Waals surface area contributed by atoms with Gasteiger partial charge in [-0.25, -0.2) is 8.42 Å². The number of anilines is 1. The number of aryl methyl sites for hydroxylation is 2. The molecule has 2 aromatic carbocycles. The van der Waals surface area contributed by atoms with Gasteiger partial charge < -0.3 is 10.2 Å². The van der Waals surface area contributed by atoms with Crippen LogP contribution in [-0.4, -0.2) is 50.0 Å². The standard InChI is InChI=1S/C25H35N3O4S/c1-7-23(25(30)26-18(2)3)27(16-21-13-11-19(4)12-14-21)24(29)17-28(33(6,31)32)22-10-8-9-20(5)15-22/h8-15,18,23H,7,16-17H2,1-6H3,(H,26,30). The Bertz CT molecular complexity index is 1070. The van der Waals surface area contributed by atoms with E-state index >= 15 is 0 Å². The number of benzene rings is 2. The summed E-state index contributed by atoms with van der Waals surface area (Å²) in [5, 5.41) is 2.88. The van der Waals surface area contributed by atoms with Crippen molar-refractivity contribution in [3.05, 3.63) is 65.2 Å². The van der Waals surface area contributed by atoms with Crippen molar-refractivity contribution in [2.75, 3.05) is 17.1 Å². The molecular weight excluding hydrogens is 438 g/mol. The third-order valence-corrected chi connectivity index (χ3v) is 6.40. The van der Waals surface area contributed by atoms with Crippen LogP contribution < -0.4 is 9.62 Å². The van der Waals surface area contributed by atoms with Gasteiger partial charge >= 0.3 is 0 Å². The molecule has 0 bridgehead atoms. The van der Waals surface area contributed by atoms with Gasteiger partial charge in [-0.1, -0.05) is 48.9 Å². The summed E-state index contributed by atoms with van der Waals surface area (Å²) in [6.45, 7) is 9.21. The van der Waals surface area contributed by atoms with Crippen LogP contribution in [0.4, 0.5) is 5.69 Å². The maximum absolute atomic E-state index is 13.6. The first kappa shape index (κ1) is 26.4. The molecule has 0 aromatic heterocycles. The highest BCUT2D eigenvalue weighted by atomic mass is 32.2. The van der Waals surface area contributed by atoms with E-state index in [1.807, 2.05) is 65.0 Å². The van der Waals surface area contributed by atoms with Crippen LogP contribution in [0.25, 0.3) is 0 Å². The summed E-state index contributed by atoms with van der Waals surface area (Å²) in [4.78, 5) is 28.0. The first-order chi connectivity index (χ1) is 15.4. The highest BCUT2D eigenvalue weighted by molar-refractivity contribution is 7.92. The molecule has 7 nitrogen and oxygen atoms in total. The lowest BCUT2D eigenvalue weighted by atomic mass is 10.1. The van der Waals surface area contributed by atoms with Gasteiger partial charge in [0.25, 0.3) is 0 Å². The average molecular weight is 474 g/mol. The minimum absolute atomic E-state index is 0.0808. The van der Waals surface area contributed by atoms with Crippen LogP contribution in [0.1, 0.15) is 43.9 Å². The quantitative estimate of drug-likeness (QED) is 0.573. The second kappa shape index (κ2) is 11.3. The lowest BCUT2D eigenvalue weighted by molar-refractivity contribution is -0.140. The van der Waals surface area contributed by atoms with Crippen LogP contribution in [-0.2, 0) is 26.2 Å². The monoisotopic (exact) mass is 473 g/mol. The number of amides is 2. The summed E-state index contributed by atoms with van der Waals surface area (Å²) >= 11 is 0. The summed E-state index contributed by atoms with van der Waals surface area (Å²) in [7, 11) is -3.73. The van der Waals surface area contributed by atoms with Gasteiger partial charge in [-0.05, 0) is 57.4 Å². The molecule has 1 atom stereocenters. The summed E-state index contributed by atoms with van der Waals surface area (Å²) in [6.07, 6.45) is 1.48. The Morgan fingerprint density at radius 3 is 2.15 bits per heavy atom. The Hall–Kier alpha value is -2.87. The van der Waals surface area contributed by atoms with Crippen LogP contribution >= 0.6 is 0 Å². The molecule has 33 heavy (non-hydrogen) atoms. The van der Waals surface area contributed by atoms with E-state index < -0.39 is 22.0 Å². The predicted octanol–water partition coefficient (Wildman–Crippen LogP) is 3.40. The van der Waals surface area contributed by atoms with E-state index in [2.05, 4.69) is 5.32 Å². The second-order valence-electron chi connectivity index (χ2n) is 8.70. The molecule has 0 heterocycles. The molecule has 2 aromatic rings. The zero-order chi connectivity index (χ0) is 24.8. The third-order valence-electron chi connectivity index (χ3n) is 5.26. The van der Waals surface area contributed by atoms with Crippen LogP contribution in [0.15, 0.2) is 48.5 Å². The first-order valence-corrected chi connectivity index (χ1v) is 13.0. The van der Waals surface area contributed by atoms with Gasteiger partial charge in [0.05, 0.1) is 11.9 Å². The highest BCUT2D eigenvalue weighted by Gasteiger charge is 2.31. The molecule has 0 spiro atoms. The maximum Gasteiger partial charge on any atom is 0.244 e. The predicted molar refractivity (Wildman–Crippen MR) is 132 cm³/mol. The molecule has 0 aliphatic carbocycles. The van der Waals surface area contributed by atoms with E-state index in [9.17, 15) is 18.0 Å². The molecule has 0 radical (unpaired) electrons. The number of nitrogens with one attached hydrogen (secondary N) is 1. The van der Waals surface area contributed by atoms with E-state index in [1.54, 1.807) is 18.2 Å². The van der Waals surface area contributed by atoms with E-state index in [0.717, 1.165) is 27.3 Å². The highest BCUT2D eigenvalue weighted by Crippen LogP contribution is 2.21. The maximum atomic E-state index is 13.6. The Morgan fingerprint density at radius 2 is 1.64 bits per heavy atom. The molecular formula is C25H35N3O4S. The van der Waals surface area contributed by atoms with E-state index in [1.165, 1.54) is 4.90 Å². The largest absolute Gasteiger partial charge is 0.352 e. The SMILES string of the molecule is CCC(C(=O)NC(C)C)N(Cc1ccc(C)cc1)C(=O)CN(c1cccc(C)c1)S(C)(=O)=O. The fraction of sp³-hybridized carbons (Fsp3) is 0.440. The van der Waals surface area contributed by atoms with E-state index in [-0.39, 0.29) is 25.0 Å². The number of carbonyl (C=O) groups excluding carboxylic acids is 2. The molecule has 0 aliphatic rings. The molecule has 0 saturated carbocycles. The Kier molecular flexibility index (Phi) is 9.05. The van der Waals surface area contributed by atoms with Gasteiger partial charge in [-0.2, -0.15) is 0 Å². The molecule has 0 aliphatic heterocycles. The van der Waals surface area contributed by atoms with Crippen molar-refractivity contribution in [3.8, 4) is 0 Å². The number of nitrogens with zero attached hydrogens (tertiary/aromatic N) is 2. The summed E-state index contributed by atoms with van der Waals surface area (Å²) in [5.41, 5.74) is 3.25. The molecule has 1 unspecified atom stereocenters. The first-order valence-electron chi connectivity index (χ1n) is 11.1. The molecule has 0 saturated heterocycles. The normalized spacial score (nSPS) is 12.3. The Balaban J connectivity index is 2.43. The van der Waals surface area contributed by atoms with Crippen LogP contribution in [0.2, 0.25) is 0 Å². The van der Waals surface area contributed by atoms with Gasteiger partial charge in [-0.3, -0.25) is 13.9 Å². The van der Waals surface area contributed by atoms with Crippen molar-refractivity contribution in [2.45, 2.75) is 59.7 Å². The zero-order valence-corrected chi connectivity index (χ0v) is 21.1. The van der Waals surface area contributed by atoms with Gasteiger partial charge in [0.2, 0.25) is 21.8 Å². The average Bonchev–Trinajstić information content (AvgIpc) is 2.71. The van der Waals surface area contributed by atoms with Crippen LogP contribution in [0.5, 0.6) is 0 Å². The van der Waals surface area contributed by atoms with Crippen molar-refractivity contribution >= 4 is 27.5 Å². The van der Waals surface area contributed by atoms with Gasteiger partial charge in [-0.15, -0.1) is 0 Å².